The lowest BCUT2D eigenvalue weighted by Crippen LogP contribution is -2.38. The molecule has 150 valence electrons. The highest BCUT2D eigenvalue weighted by atomic mass is 19.3. The maximum atomic E-state index is 13.3. The van der Waals surface area contributed by atoms with E-state index in [1.54, 1.807) is 4.90 Å². The third-order valence-electron chi connectivity index (χ3n) is 4.64. The minimum Gasteiger partial charge on any atom is -0.456 e. The van der Waals surface area contributed by atoms with Gasteiger partial charge >= 0.3 is 0 Å². The number of aromatic nitrogens is 1. The zero-order valence-electron chi connectivity index (χ0n) is 16.3. The van der Waals surface area contributed by atoms with Crippen LogP contribution in [0.4, 0.5) is 8.78 Å². The summed E-state index contributed by atoms with van der Waals surface area (Å²) in [5.74, 6) is -2.08. The highest BCUT2D eigenvalue weighted by molar-refractivity contribution is 5.87. The van der Waals surface area contributed by atoms with E-state index in [2.05, 4.69) is 18.1 Å². The van der Waals surface area contributed by atoms with Crippen molar-refractivity contribution in [2.75, 3.05) is 13.1 Å². The number of pyridine rings is 1. The number of hydrogen-bond acceptors (Lipinski definition) is 3. The highest BCUT2D eigenvalue weighted by Crippen LogP contribution is 2.31. The molecule has 0 N–H and O–H groups in total. The Morgan fingerprint density at radius 1 is 1.36 bits per heavy atom. The number of allylic oxidation sites excluding steroid dienone is 4. The van der Waals surface area contributed by atoms with Gasteiger partial charge in [-0.05, 0) is 49.5 Å². The van der Waals surface area contributed by atoms with Gasteiger partial charge in [0.25, 0.3) is 5.92 Å². The Labute approximate surface area is 164 Å². The van der Waals surface area contributed by atoms with Gasteiger partial charge in [-0.2, -0.15) is 8.78 Å². The molecule has 1 aliphatic heterocycles. The van der Waals surface area contributed by atoms with Gasteiger partial charge in [-0.1, -0.05) is 31.4 Å². The zero-order valence-corrected chi connectivity index (χ0v) is 16.3. The number of halogens is 2. The summed E-state index contributed by atoms with van der Waals surface area (Å²) in [6.45, 7) is 11.5. The van der Waals surface area contributed by atoms with Crippen molar-refractivity contribution < 1.29 is 18.3 Å². The first-order valence-corrected chi connectivity index (χ1v) is 9.22. The largest absolute Gasteiger partial charge is 0.456 e. The SMILES string of the molecule is C=CC(=O)N1CCC(/C(=C/C=C\C)C(=C)Oc2ccc(C(C)(F)F)nc2)CC1. The molecule has 2 heterocycles. The Kier molecular flexibility index (Phi) is 7.26. The maximum absolute atomic E-state index is 13.3. The van der Waals surface area contributed by atoms with Gasteiger partial charge in [0, 0.05) is 20.0 Å². The van der Waals surface area contributed by atoms with Gasteiger partial charge in [-0.3, -0.25) is 9.78 Å². The van der Waals surface area contributed by atoms with Crippen molar-refractivity contribution in [3.05, 3.63) is 72.8 Å². The molecule has 28 heavy (non-hydrogen) atoms. The van der Waals surface area contributed by atoms with Crippen LogP contribution >= 0.6 is 0 Å². The monoisotopic (exact) mass is 388 g/mol. The molecule has 6 heteroatoms. The Morgan fingerprint density at radius 3 is 2.54 bits per heavy atom. The Morgan fingerprint density at radius 2 is 2.04 bits per heavy atom. The third kappa shape index (κ3) is 5.62. The Hall–Kier alpha value is -2.76. The second-order valence-electron chi connectivity index (χ2n) is 6.74. The predicted octanol–water partition coefficient (Wildman–Crippen LogP) is 5.01. The summed E-state index contributed by atoms with van der Waals surface area (Å²) in [5, 5.41) is 0. The molecule has 2 rings (SSSR count). The molecule has 1 fully saturated rings. The molecular formula is C22H26F2N2O2. The minimum atomic E-state index is -3.00. The van der Waals surface area contributed by atoms with Crippen molar-refractivity contribution in [3.63, 3.8) is 0 Å². The molecule has 0 saturated carbocycles. The predicted molar refractivity (Wildman–Crippen MR) is 106 cm³/mol. The lowest BCUT2D eigenvalue weighted by molar-refractivity contribution is -0.127. The van der Waals surface area contributed by atoms with Crippen LogP contribution < -0.4 is 4.74 Å². The molecule has 0 radical (unpaired) electrons. The topological polar surface area (TPSA) is 42.4 Å². The van der Waals surface area contributed by atoms with Crippen LogP contribution in [-0.2, 0) is 10.7 Å². The van der Waals surface area contributed by atoms with Crippen molar-refractivity contribution in [3.8, 4) is 5.75 Å². The van der Waals surface area contributed by atoms with Crippen LogP contribution in [0.25, 0.3) is 0 Å². The molecule has 0 bridgehead atoms. The molecule has 0 spiro atoms. The maximum Gasteiger partial charge on any atom is 0.286 e. The second-order valence-corrected chi connectivity index (χ2v) is 6.74. The number of nitrogens with zero attached hydrogens (tertiary/aromatic N) is 2. The third-order valence-corrected chi connectivity index (χ3v) is 4.64. The van der Waals surface area contributed by atoms with Gasteiger partial charge in [0.15, 0.2) is 0 Å². The summed E-state index contributed by atoms with van der Waals surface area (Å²) < 4.78 is 32.4. The van der Waals surface area contributed by atoms with E-state index in [1.807, 2.05) is 25.2 Å². The van der Waals surface area contributed by atoms with Gasteiger partial charge in [-0.25, -0.2) is 0 Å². The van der Waals surface area contributed by atoms with Crippen molar-refractivity contribution in [1.29, 1.82) is 0 Å². The van der Waals surface area contributed by atoms with Crippen LogP contribution in [0.3, 0.4) is 0 Å². The standard InChI is InChI=1S/C22H26F2N2O2/c1-5-7-8-19(17-11-13-26(14-12-17)21(27)6-2)16(3)28-18-9-10-20(25-15-18)22(4,23)24/h5-10,15,17H,2-3,11-14H2,1,4H3/b7-5-,19-8+. The smallest absolute Gasteiger partial charge is 0.286 e. The van der Waals surface area contributed by atoms with E-state index < -0.39 is 5.92 Å². The first-order valence-electron chi connectivity index (χ1n) is 9.22. The fraction of sp³-hybridized carbons (Fsp3) is 0.364. The van der Waals surface area contributed by atoms with Crippen LogP contribution in [0.1, 0.15) is 32.4 Å². The fourth-order valence-corrected chi connectivity index (χ4v) is 3.10. The normalized spacial score (nSPS) is 16.3. The van der Waals surface area contributed by atoms with Gasteiger partial charge in [0.2, 0.25) is 5.91 Å². The van der Waals surface area contributed by atoms with Crippen LogP contribution in [0.15, 0.2) is 67.1 Å². The molecule has 0 aromatic carbocycles. The molecule has 0 unspecified atom stereocenters. The number of likely N-dealkylation sites (tertiary alicyclic amines) is 1. The highest BCUT2D eigenvalue weighted by Gasteiger charge is 2.27. The Balaban J connectivity index is 2.10. The van der Waals surface area contributed by atoms with Gasteiger partial charge in [0.1, 0.15) is 17.2 Å². The number of piperidine rings is 1. The van der Waals surface area contributed by atoms with Crippen LogP contribution in [0.5, 0.6) is 5.75 Å². The number of ether oxygens (including phenoxy) is 1. The average Bonchev–Trinajstić information content (AvgIpc) is 2.68. The Bertz CT molecular complexity index is 769. The molecule has 1 aromatic heterocycles. The lowest BCUT2D eigenvalue weighted by Gasteiger charge is -2.33. The van der Waals surface area contributed by atoms with E-state index in [1.165, 1.54) is 24.4 Å². The number of amides is 1. The number of alkyl halides is 2. The first kappa shape index (κ1) is 21.5. The summed E-state index contributed by atoms with van der Waals surface area (Å²) in [5.41, 5.74) is 0.614. The van der Waals surface area contributed by atoms with E-state index in [0.717, 1.165) is 25.3 Å². The van der Waals surface area contributed by atoms with Crippen molar-refractivity contribution in [1.82, 2.24) is 9.88 Å². The van der Waals surface area contributed by atoms with E-state index >= 15 is 0 Å². The fourth-order valence-electron chi connectivity index (χ4n) is 3.10. The molecule has 1 aliphatic rings. The van der Waals surface area contributed by atoms with Crippen molar-refractivity contribution in [2.24, 2.45) is 5.92 Å². The summed E-state index contributed by atoms with van der Waals surface area (Å²) >= 11 is 0. The van der Waals surface area contributed by atoms with E-state index in [9.17, 15) is 13.6 Å². The van der Waals surface area contributed by atoms with E-state index in [4.69, 9.17) is 4.74 Å². The molecule has 1 aromatic rings. The van der Waals surface area contributed by atoms with Crippen LogP contribution in [0, 0.1) is 5.92 Å². The van der Waals surface area contributed by atoms with Gasteiger partial charge in [-0.15, -0.1) is 0 Å². The quantitative estimate of drug-likeness (QED) is 0.374. The number of carbonyl (C=O) groups is 1. The number of rotatable bonds is 7. The second kappa shape index (κ2) is 9.44. The molecule has 1 amide bonds. The average molecular weight is 388 g/mol. The summed E-state index contributed by atoms with van der Waals surface area (Å²) in [4.78, 5) is 17.3. The van der Waals surface area contributed by atoms with Crippen LogP contribution in [-0.4, -0.2) is 28.9 Å². The number of hydrogen-bond donors (Lipinski definition) is 0. The molecular weight excluding hydrogens is 362 g/mol. The van der Waals surface area contributed by atoms with Gasteiger partial charge < -0.3 is 9.64 Å². The molecule has 4 nitrogen and oxygen atoms in total. The zero-order chi connectivity index (χ0) is 20.7. The van der Waals surface area contributed by atoms with Crippen molar-refractivity contribution in [2.45, 2.75) is 32.6 Å². The molecule has 0 atom stereocenters. The molecule has 0 aliphatic carbocycles. The molecule has 1 saturated heterocycles. The van der Waals surface area contributed by atoms with Crippen LogP contribution in [0.2, 0.25) is 0 Å². The lowest BCUT2D eigenvalue weighted by atomic mass is 9.87. The summed E-state index contributed by atoms with van der Waals surface area (Å²) in [7, 11) is 0. The van der Waals surface area contributed by atoms with E-state index in [-0.39, 0.29) is 17.5 Å². The summed E-state index contributed by atoms with van der Waals surface area (Å²) in [6.07, 6.45) is 9.93. The first-order chi connectivity index (χ1) is 13.3. The number of carbonyl (C=O) groups excluding carboxylic acids is 1. The van der Waals surface area contributed by atoms with Crippen molar-refractivity contribution >= 4 is 5.91 Å². The minimum absolute atomic E-state index is 0.0635. The van der Waals surface area contributed by atoms with Gasteiger partial charge in [0.05, 0.1) is 6.20 Å². The summed E-state index contributed by atoms with van der Waals surface area (Å²) in [6, 6.07) is 2.71. The van der Waals surface area contributed by atoms with E-state index in [0.29, 0.717) is 24.6 Å².